The number of amides is 2. The molecule has 0 radical (unpaired) electrons. The molecular formula is C24H39N5O5. The molecule has 2 aliphatic heterocycles. The van der Waals surface area contributed by atoms with Crippen LogP contribution in [0.15, 0.2) is 0 Å². The predicted molar refractivity (Wildman–Crippen MR) is 126 cm³/mol. The molecule has 2 saturated heterocycles. The lowest BCUT2D eigenvalue weighted by atomic mass is 9.91. The largest absolute Gasteiger partial charge is 0.466 e. The molecule has 0 aliphatic carbocycles. The van der Waals surface area contributed by atoms with Crippen molar-refractivity contribution < 1.29 is 23.9 Å². The number of likely N-dealkylation sites (tertiary alicyclic amines) is 2. The van der Waals surface area contributed by atoms with Gasteiger partial charge >= 0.3 is 12.1 Å². The molecule has 3 rings (SSSR count). The third-order valence-electron chi connectivity index (χ3n) is 6.46. The predicted octanol–water partition coefficient (Wildman–Crippen LogP) is 2.44. The molecule has 3 N–H and O–H groups in total. The highest BCUT2D eigenvalue weighted by Crippen LogP contribution is 2.30. The minimum atomic E-state index is -0.575. The third-order valence-corrected chi connectivity index (χ3v) is 6.46. The van der Waals surface area contributed by atoms with Crippen molar-refractivity contribution in [3.8, 4) is 0 Å². The second kappa shape index (κ2) is 11.2. The van der Waals surface area contributed by atoms with E-state index in [1.165, 1.54) is 0 Å². The first-order chi connectivity index (χ1) is 16.1. The minimum Gasteiger partial charge on any atom is -0.466 e. The molecule has 0 saturated carbocycles. The van der Waals surface area contributed by atoms with Gasteiger partial charge in [-0.25, -0.2) is 9.78 Å². The Morgan fingerprint density at radius 3 is 2.29 bits per heavy atom. The number of carbonyl (C=O) groups is 3. The molecule has 0 bridgehead atoms. The highest BCUT2D eigenvalue weighted by Gasteiger charge is 2.31. The van der Waals surface area contributed by atoms with E-state index < -0.39 is 11.5 Å². The van der Waals surface area contributed by atoms with Crippen LogP contribution < -0.4 is 5.73 Å². The SMILES string of the molecule is CCOC(=O)C1CCN(CCc2[nH]c(C(N)=O)nc2C2CCN(C(=O)OC(C)(C)C)CC2)CC1. The number of nitrogens with one attached hydrogen (secondary N) is 1. The van der Waals surface area contributed by atoms with Crippen LogP contribution in [0.4, 0.5) is 4.79 Å². The van der Waals surface area contributed by atoms with Crippen LogP contribution in [0.2, 0.25) is 0 Å². The second-order valence-corrected chi connectivity index (χ2v) is 10.2. The molecule has 0 spiro atoms. The molecular weight excluding hydrogens is 438 g/mol. The molecule has 0 aromatic carbocycles. The number of ether oxygens (including phenoxy) is 2. The highest BCUT2D eigenvalue weighted by atomic mass is 16.6. The molecule has 1 aromatic heterocycles. The van der Waals surface area contributed by atoms with E-state index in [1.54, 1.807) is 4.90 Å². The summed E-state index contributed by atoms with van der Waals surface area (Å²) in [5, 5.41) is 0. The summed E-state index contributed by atoms with van der Waals surface area (Å²) >= 11 is 0. The van der Waals surface area contributed by atoms with Crippen molar-refractivity contribution in [1.82, 2.24) is 19.8 Å². The zero-order valence-electron chi connectivity index (χ0n) is 20.9. The normalized spacial score (nSPS) is 18.6. The lowest BCUT2D eigenvalue weighted by Crippen LogP contribution is -2.41. The molecule has 0 atom stereocenters. The van der Waals surface area contributed by atoms with Gasteiger partial charge in [-0.05, 0) is 66.5 Å². The third kappa shape index (κ3) is 6.94. The summed E-state index contributed by atoms with van der Waals surface area (Å²) in [6, 6.07) is 0. The lowest BCUT2D eigenvalue weighted by Gasteiger charge is -2.33. The molecule has 1 aromatic rings. The van der Waals surface area contributed by atoms with Crippen LogP contribution in [0, 0.1) is 5.92 Å². The number of aromatic nitrogens is 2. The summed E-state index contributed by atoms with van der Waals surface area (Å²) in [5.74, 6) is -0.362. The van der Waals surface area contributed by atoms with E-state index in [-0.39, 0.29) is 29.7 Å². The highest BCUT2D eigenvalue weighted by molar-refractivity contribution is 5.89. The fraction of sp³-hybridized carbons (Fsp3) is 0.750. The number of imidazole rings is 1. The number of hydrogen-bond acceptors (Lipinski definition) is 7. The maximum absolute atomic E-state index is 12.4. The van der Waals surface area contributed by atoms with Crippen LogP contribution in [0.5, 0.6) is 0 Å². The van der Waals surface area contributed by atoms with Crippen LogP contribution in [-0.2, 0) is 20.7 Å². The quantitative estimate of drug-likeness (QED) is 0.577. The molecule has 2 aliphatic rings. The lowest BCUT2D eigenvalue weighted by molar-refractivity contribution is -0.149. The van der Waals surface area contributed by atoms with Gasteiger partial charge in [0, 0.05) is 37.7 Å². The number of nitrogens with zero attached hydrogens (tertiary/aromatic N) is 3. The molecule has 190 valence electrons. The van der Waals surface area contributed by atoms with E-state index in [1.807, 2.05) is 27.7 Å². The topological polar surface area (TPSA) is 131 Å². The molecule has 34 heavy (non-hydrogen) atoms. The van der Waals surface area contributed by atoms with E-state index in [0.717, 1.165) is 56.7 Å². The van der Waals surface area contributed by atoms with Gasteiger partial charge in [-0.15, -0.1) is 0 Å². The number of esters is 1. The average Bonchev–Trinajstić information content (AvgIpc) is 3.22. The summed E-state index contributed by atoms with van der Waals surface area (Å²) in [7, 11) is 0. The summed E-state index contributed by atoms with van der Waals surface area (Å²) in [6.45, 7) is 11.5. The number of aromatic amines is 1. The van der Waals surface area contributed by atoms with Crippen molar-refractivity contribution in [3.05, 3.63) is 17.2 Å². The number of H-pyrrole nitrogens is 1. The van der Waals surface area contributed by atoms with E-state index in [2.05, 4.69) is 14.9 Å². The maximum atomic E-state index is 12.4. The summed E-state index contributed by atoms with van der Waals surface area (Å²) < 4.78 is 10.6. The van der Waals surface area contributed by atoms with Crippen LogP contribution in [-0.4, -0.2) is 82.7 Å². The minimum absolute atomic E-state index is 0.0180. The van der Waals surface area contributed by atoms with Gasteiger partial charge in [0.15, 0.2) is 5.82 Å². The smallest absolute Gasteiger partial charge is 0.410 e. The van der Waals surface area contributed by atoms with Crippen LogP contribution >= 0.6 is 0 Å². The molecule has 3 heterocycles. The van der Waals surface area contributed by atoms with Gasteiger partial charge < -0.3 is 30.0 Å². The number of rotatable bonds is 7. The number of primary amides is 1. The molecule has 10 heteroatoms. The first-order valence-electron chi connectivity index (χ1n) is 12.3. The van der Waals surface area contributed by atoms with Crippen LogP contribution in [0.25, 0.3) is 0 Å². The van der Waals surface area contributed by atoms with Crippen molar-refractivity contribution in [2.75, 3.05) is 39.3 Å². The van der Waals surface area contributed by atoms with Crippen LogP contribution in [0.3, 0.4) is 0 Å². The Labute approximate surface area is 201 Å². The molecule has 0 unspecified atom stereocenters. The second-order valence-electron chi connectivity index (χ2n) is 10.2. The number of carbonyl (C=O) groups excluding carboxylic acids is 3. The molecule has 2 fully saturated rings. The van der Waals surface area contributed by atoms with Gasteiger partial charge in [-0.2, -0.15) is 0 Å². The summed E-state index contributed by atoms with van der Waals surface area (Å²) in [6.07, 6.45) is 3.51. The Morgan fingerprint density at radius 1 is 1.09 bits per heavy atom. The Kier molecular flexibility index (Phi) is 8.57. The zero-order valence-corrected chi connectivity index (χ0v) is 20.9. The zero-order chi connectivity index (χ0) is 24.9. The fourth-order valence-electron chi connectivity index (χ4n) is 4.65. The standard InChI is InChI=1S/C24H39N5O5/c1-5-33-22(31)17-6-11-28(12-7-17)13-10-18-19(27-21(26-18)20(25)30)16-8-14-29(15-9-16)23(32)34-24(2,3)4/h16-17H,5-15H2,1-4H3,(H2,25,30)(H,26,27). The Hall–Kier alpha value is -2.62. The average molecular weight is 478 g/mol. The van der Waals surface area contributed by atoms with Crippen LogP contribution in [0.1, 0.15) is 81.3 Å². The Bertz CT molecular complexity index is 862. The van der Waals surface area contributed by atoms with E-state index in [4.69, 9.17) is 15.2 Å². The molecule has 10 nitrogen and oxygen atoms in total. The van der Waals surface area contributed by atoms with Crippen molar-refractivity contribution in [3.63, 3.8) is 0 Å². The van der Waals surface area contributed by atoms with Gasteiger partial charge in [0.05, 0.1) is 18.2 Å². The number of hydrogen-bond donors (Lipinski definition) is 2. The Balaban J connectivity index is 1.57. The van der Waals surface area contributed by atoms with Gasteiger partial charge in [-0.1, -0.05) is 0 Å². The first kappa shape index (κ1) is 26.0. The van der Waals surface area contributed by atoms with E-state index in [9.17, 15) is 14.4 Å². The van der Waals surface area contributed by atoms with Gasteiger partial charge in [0.1, 0.15) is 5.60 Å². The summed E-state index contributed by atoms with van der Waals surface area (Å²) in [5.41, 5.74) is 6.78. The van der Waals surface area contributed by atoms with Gasteiger partial charge in [-0.3, -0.25) is 9.59 Å². The maximum Gasteiger partial charge on any atom is 0.410 e. The van der Waals surface area contributed by atoms with Crippen molar-refractivity contribution in [2.24, 2.45) is 11.7 Å². The van der Waals surface area contributed by atoms with Gasteiger partial charge in [0.2, 0.25) is 0 Å². The van der Waals surface area contributed by atoms with Crippen molar-refractivity contribution in [2.45, 2.75) is 71.3 Å². The first-order valence-corrected chi connectivity index (χ1v) is 12.3. The Morgan fingerprint density at radius 2 is 1.74 bits per heavy atom. The molecule has 2 amide bonds. The number of nitrogens with two attached hydrogens (primary N) is 1. The van der Waals surface area contributed by atoms with Crippen molar-refractivity contribution >= 4 is 18.0 Å². The summed E-state index contributed by atoms with van der Waals surface area (Å²) in [4.78, 5) is 47.9. The van der Waals surface area contributed by atoms with Crippen molar-refractivity contribution in [1.29, 1.82) is 0 Å². The van der Waals surface area contributed by atoms with Gasteiger partial charge in [0.25, 0.3) is 5.91 Å². The van der Waals surface area contributed by atoms with E-state index in [0.29, 0.717) is 26.1 Å². The number of piperidine rings is 2. The van der Waals surface area contributed by atoms with E-state index >= 15 is 0 Å². The fourth-order valence-corrected chi connectivity index (χ4v) is 4.65. The monoisotopic (exact) mass is 477 g/mol.